The van der Waals surface area contributed by atoms with Gasteiger partial charge in [0, 0.05) is 55.2 Å². The molecule has 0 bridgehead atoms. The highest BCUT2D eigenvalue weighted by Crippen LogP contribution is 2.52. The van der Waals surface area contributed by atoms with E-state index in [4.69, 9.17) is 18.8 Å². The first-order valence-electron chi connectivity index (χ1n) is 21.9. The van der Waals surface area contributed by atoms with Crippen molar-refractivity contribution in [1.82, 2.24) is 4.57 Å². The van der Waals surface area contributed by atoms with Gasteiger partial charge in [-0.3, -0.25) is 0 Å². The summed E-state index contributed by atoms with van der Waals surface area (Å²) in [5.41, 5.74) is 9.23. The molecule has 3 aromatic heterocycles. The molecule has 0 spiro atoms. The average molecular weight is 812 g/mol. The Morgan fingerprint density at radius 2 is 1.22 bits per heavy atom. The summed E-state index contributed by atoms with van der Waals surface area (Å²) in [4.78, 5) is 11.5. The fourth-order valence-electron chi connectivity index (χ4n) is 10.7. The predicted octanol–water partition coefficient (Wildman–Crippen LogP) is 15.0. The zero-order valence-corrected chi connectivity index (χ0v) is 34.9. The number of rotatable bonds is 4. The van der Waals surface area contributed by atoms with E-state index < -0.39 is 5.54 Å². The van der Waals surface area contributed by atoms with Gasteiger partial charge in [0.2, 0.25) is 0 Å². The Morgan fingerprint density at radius 3 is 2.06 bits per heavy atom. The van der Waals surface area contributed by atoms with Gasteiger partial charge in [-0.25, -0.2) is 9.98 Å². The van der Waals surface area contributed by atoms with Gasteiger partial charge >= 0.3 is 0 Å². The number of hydrogen-bond acceptors (Lipinski definition) is 4. The van der Waals surface area contributed by atoms with Gasteiger partial charge in [-0.1, -0.05) is 153 Å². The smallest absolute Gasteiger partial charge is 0.160 e. The third-order valence-electron chi connectivity index (χ3n) is 13.8. The van der Waals surface area contributed by atoms with Gasteiger partial charge in [0.15, 0.2) is 5.84 Å². The van der Waals surface area contributed by atoms with Crippen molar-refractivity contribution in [2.45, 2.75) is 25.8 Å². The minimum atomic E-state index is -0.757. The first-order chi connectivity index (χ1) is 31.0. The molecule has 0 saturated heterocycles. The van der Waals surface area contributed by atoms with Crippen LogP contribution in [0, 0.1) is 11.8 Å². The van der Waals surface area contributed by atoms with Crippen molar-refractivity contribution >= 4 is 93.9 Å². The predicted molar refractivity (Wildman–Crippen MR) is 261 cm³/mol. The summed E-state index contributed by atoms with van der Waals surface area (Å²) in [6.45, 7) is 4.64. The van der Waals surface area contributed by atoms with Gasteiger partial charge < -0.3 is 13.4 Å². The van der Waals surface area contributed by atoms with Crippen molar-refractivity contribution < 1.29 is 8.83 Å². The van der Waals surface area contributed by atoms with Gasteiger partial charge in [0.25, 0.3) is 0 Å². The molecule has 0 N–H and O–H groups in total. The van der Waals surface area contributed by atoms with Crippen molar-refractivity contribution in [2.24, 2.45) is 21.8 Å². The number of fused-ring (bicyclic) bond motifs is 11. The minimum Gasteiger partial charge on any atom is -0.458 e. The first-order valence-corrected chi connectivity index (χ1v) is 21.9. The second-order valence-corrected chi connectivity index (χ2v) is 17.4. The standard InChI is InChI=1S/C58H41N3O2/c1-35-26-31-49(59-57(46-22-13-17-36-14-5-6-18-40(36)46)60-55(35)39-27-28-44-42-20-8-11-24-52(42)62-54(44)34-39)48-30-29-45-43-21-9-12-25-53(43)63-56(45)58(48,2)61-50-23-10-7-19-41(50)47-32-37-15-3-4-16-38(37)33-51(47)61/h3-25,27-35,48H,26H2,1-2H3/b49-31+,59-57-,60-55+. The van der Waals surface area contributed by atoms with Crippen LogP contribution < -0.4 is 0 Å². The Kier molecular flexibility index (Phi) is 7.77. The summed E-state index contributed by atoms with van der Waals surface area (Å²) < 4.78 is 16.1. The van der Waals surface area contributed by atoms with Crippen LogP contribution in [0.15, 0.2) is 207 Å². The van der Waals surface area contributed by atoms with Gasteiger partial charge in [-0.15, -0.1) is 0 Å². The Balaban J connectivity index is 1.07. The fraction of sp³-hybridized carbons (Fsp3) is 0.103. The molecule has 8 aromatic carbocycles. The molecular formula is C58H41N3O2. The monoisotopic (exact) mass is 811 g/mol. The number of aliphatic imine (C=N–C) groups is 2. The van der Waals surface area contributed by atoms with Crippen LogP contribution in [0.4, 0.5) is 0 Å². The van der Waals surface area contributed by atoms with Crippen LogP contribution in [-0.4, -0.2) is 16.1 Å². The molecule has 3 atom stereocenters. The van der Waals surface area contributed by atoms with Crippen LogP contribution in [0.5, 0.6) is 0 Å². The lowest BCUT2D eigenvalue weighted by molar-refractivity contribution is 0.276. The Labute approximate surface area is 363 Å². The lowest BCUT2D eigenvalue weighted by atomic mass is 9.74. The number of allylic oxidation sites excluding steroid dienone is 2. The maximum absolute atomic E-state index is 7.13. The molecule has 1 aliphatic carbocycles. The van der Waals surface area contributed by atoms with Crippen LogP contribution in [0.25, 0.3) is 82.3 Å². The summed E-state index contributed by atoms with van der Waals surface area (Å²) in [6.07, 6.45) is 7.75. The third kappa shape index (κ3) is 5.36. The number of nitrogens with zero attached hydrogens (tertiary/aromatic N) is 3. The maximum Gasteiger partial charge on any atom is 0.160 e. The van der Waals surface area contributed by atoms with Gasteiger partial charge in [0.05, 0.1) is 22.7 Å². The number of amidine groups is 1. The fourth-order valence-corrected chi connectivity index (χ4v) is 10.7. The second-order valence-electron chi connectivity index (χ2n) is 17.4. The largest absolute Gasteiger partial charge is 0.458 e. The van der Waals surface area contributed by atoms with E-state index in [9.17, 15) is 0 Å². The maximum atomic E-state index is 7.13. The van der Waals surface area contributed by atoms with E-state index in [1.807, 2.05) is 12.1 Å². The normalized spacial score (nSPS) is 21.7. The number of aromatic nitrogens is 1. The van der Waals surface area contributed by atoms with Crippen LogP contribution in [0.2, 0.25) is 0 Å². The lowest BCUT2D eigenvalue weighted by Crippen LogP contribution is -2.41. The second kappa shape index (κ2) is 13.6. The Bertz CT molecular complexity index is 3830. The summed E-state index contributed by atoms with van der Waals surface area (Å²) in [5, 5.41) is 10.4. The molecule has 3 unspecified atom stereocenters. The van der Waals surface area contributed by atoms with Crippen molar-refractivity contribution in [3.05, 3.63) is 210 Å². The number of hydrogen-bond donors (Lipinski definition) is 0. The molecule has 11 aromatic rings. The minimum absolute atomic E-state index is 0.0579. The summed E-state index contributed by atoms with van der Waals surface area (Å²) >= 11 is 0. The van der Waals surface area contributed by atoms with Crippen molar-refractivity contribution in [3.8, 4) is 0 Å². The van der Waals surface area contributed by atoms with E-state index in [0.29, 0.717) is 5.84 Å². The highest BCUT2D eigenvalue weighted by atomic mass is 16.3. The third-order valence-corrected chi connectivity index (χ3v) is 13.8. The Hall–Kier alpha value is -7.76. The van der Waals surface area contributed by atoms with Crippen LogP contribution in [0.1, 0.15) is 42.7 Å². The van der Waals surface area contributed by atoms with Crippen molar-refractivity contribution in [3.63, 3.8) is 0 Å². The highest BCUT2D eigenvalue weighted by Gasteiger charge is 2.47. The lowest BCUT2D eigenvalue weighted by Gasteiger charge is -2.40. The molecule has 5 heteroatoms. The van der Waals surface area contributed by atoms with Gasteiger partial charge in [-0.05, 0) is 77.4 Å². The topological polar surface area (TPSA) is 55.9 Å². The van der Waals surface area contributed by atoms with Gasteiger partial charge in [0.1, 0.15) is 28.0 Å². The van der Waals surface area contributed by atoms with E-state index in [1.54, 1.807) is 0 Å². The summed E-state index contributed by atoms with van der Waals surface area (Å²) in [5.74, 6) is 1.43. The van der Waals surface area contributed by atoms with Crippen LogP contribution in [0.3, 0.4) is 0 Å². The molecule has 13 rings (SSSR count). The van der Waals surface area contributed by atoms with E-state index >= 15 is 0 Å². The average Bonchev–Trinajstić information content (AvgIpc) is 4.00. The molecule has 5 nitrogen and oxygen atoms in total. The number of furan rings is 2. The Morgan fingerprint density at radius 1 is 0.556 bits per heavy atom. The van der Waals surface area contributed by atoms with Gasteiger partial charge in [-0.2, -0.15) is 0 Å². The highest BCUT2D eigenvalue weighted by molar-refractivity contribution is 6.19. The molecule has 63 heavy (non-hydrogen) atoms. The van der Waals surface area contributed by atoms with E-state index in [1.165, 1.54) is 21.5 Å². The van der Waals surface area contributed by atoms with Crippen molar-refractivity contribution in [2.75, 3.05) is 0 Å². The quantitative estimate of drug-likeness (QED) is 0.178. The molecular weight excluding hydrogens is 771 g/mol. The van der Waals surface area contributed by atoms with Crippen molar-refractivity contribution in [1.29, 1.82) is 0 Å². The SMILES string of the molecule is CC1C/C=C(C2C=Cc3c(oc4ccccc34)C2(C)n2c3ccccc3c3cc4ccccc4cc32)/N=C(c2cccc3ccccc23)\N=C/1c1ccc2c(c1)oc1ccccc12. The van der Waals surface area contributed by atoms with E-state index in [0.717, 1.165) is 95.0 Å². The molecule has 0 radical (unpaired) electrons. The van der Waals surface area contributed by atoms with E-state index in [2.05, 4.69) is 194 Å². The summed E-state index contributed by atoms with van der Waals surface area (Å²) in [7, 11) is 0. The zero-order chi connectivity index (χ0) is 41.8. The van der Waals surface area contributed by atoms with E-state index in [-0.39, 0.29) is 11.8 Å². The molecule has 1 aliphatic heterocycles. The first kappa shape index (κ1) is 35.9. The van der Waals surface area contributed by atoms with Crippen LogP contribution in [-0.2, 0) is 5.54 Å². The zero-order valence-electron chi connectivity index (χ0n) is 34.9. The molecule has 0 saturated carbocycles. The molecule has 300 valence electrons. The molecule has 0 fully saturated rings. The number of para-hydroxylation sites is 3. The van der Waals surface area contributed by atoms with Crippen LogP contribution >= 0.6 is 0 Å². The molecule has 0 amide bonds. The molecule has 4 heterocycles. The molecule has 2 aliphatic rings. The number of benzene rings is 8. The summed E-state index contributed by atoms with van der Waals surface area (Å²) in [6, 6.07) is 60.4.